The molecule has 1 saturated heterocycles. The molecular formula is C14H23N3O3S. The molecule has 21 heavy (non-hydrogen) atoms. The maximum Gasteiger partial charge on any atom is 0.306 e. The highest BCUT2D eigenvalue weighted by Crippen LogP contribution is 2.17. The molecular weight excluding hydrogens is 290 g/mol. The second kappa shape index (κ2) is 8.31. The molecule has 1 aromatic rings. The normalized spacial score (nSPS) is 19.4. The maximum atomic E-state index is 11.3. The molecule has 1 unspecified atom stereocenters. The first-order valence-electron chi connectivity index (χ1n) is 7.31. The van der Waals surface area contributed by atoms with Gasteiger partial charge in [0.1, 0.15) is 0 Å². The highest BCUT2D eigenvalue weighted by molar-refractivity contribution is 7.13. The fourth-order valence-corrected chi connectivity index (χ4v) is 2.91. The van der Waals surface area contributed by atoms with Crippen LogP contribution in [0, 0.1) is 0 Å². The molecule has 6 nitrogen and oxygen atoms in total. The topological polar surface area (TPSA) is 63.7 Å². The number of esters is 1. The molecule has 1 N–H and O–H groups in total. The fraction of sp³-hybridized carbons (Fsp3) is 0.714. The third kappa shape index (κ3) is 5.61. The number of likely N-dealkylation sites (N-methyl/N-ethyl adjacent to an activating group) is 1. The lowest BCUT2D eigenvalue weighted by atomic mass is 10.2. The molecule has 1 fully saturated rings. The Morgan fingerprint density at radius 1 is 1.67 bits per heavy atom. The standard InChI is InChI=1S/C14H23N3O3S/c1-3-19-13(18)5-4-11-10-21-14(16-11)15-8-12-9-17(2)6-7-20-12/h10,12H,3-9H2,1-2H3,(H,15,16). The van der Waals surface area contributed by atoms with Crippen molar-refractivity contribution in [3.63, 3.8) is 0 Å². The van der Waals surface area contributed by atoms with Crippen LogP contribution in [0.1, 0.15) is 19.0 Å². The van der Waals surface area contributed by atoms with Gasteiger partial charge in [-0.3, -0.25) is 4.79 Å². The lowest BCUT2D eigenvalue weighted by Crippen LogP contribution is -2.43. The number of hydrogen-bond acceptors (Lipinski definition) is 7. The fourth-order valence-electron chi connectivity index (χ4n) is 2.16. The monoisotopic (exact) mass is 313 g/mol. The van der Waals surface area contributed by atoms with Crippen molar-refractivity contribution in [1.82, 2.24) is 9.88 Å². The summed E-state index contributed by atoms with van der Waals surface area (Å²) in [4.78, 5) is 18.0. The van der Waals surface area contributed by atoms with Crippen LogP contribution in [0.5, 0.6) is 0 Å². The van der Waals surface area contributed by atoms with E-state index in [4.69, 9.17) is 9.47 Å². The minimum Gasteiger partial charge on any atom is -0.466 e. The van der Waals surface area contributed by atoms with Crippen LogP contribution in [0.25, 0.3) is 0 Å². The van der Waals surface area contributed by atoms with Gasteiger partial charge in [-0.15, -0.1) is 11.3 Å². The summed E-state index contributed by atoms with van der Waals surface area (Å²) in [5.74, 6) is -0.168. The number of hydrogen-bond donors (Lipinski definition) is 1. The summed E-state index contributed by atoms with van der Waals surface area (Å²) in [5.41, 5.74) is 0.928. The number of thiazole rings is 1. The van der Waals surface area contributed by atoms with E-state index in [-0.39, 0.29) is 12.1 Å². The number of ether oxygens (including phenoxy) is 2. The molecule has 118 valence electrons. The molecule has 0 amide bonds. The highest BCUT2D eigenvalue weighted by Gasteiger charge is 2.17. The van der Waals surface area contributed by atoms with Crippen molar-refractivity contribution in [3.8, 4) is 0 Å². The van der Waals surface area contributed by atoms with Crippen LogP contribution < -0.4 is 5.32 Å². The largest absolute Gasteiger partial charge is 0.466 e. The van der Waals surface area contributed by atoms with E-state index >= 15 is 0 Å². The van der Waals surface area contributed by atoms with Crippen LogP contribution in [0.3, 0.4) is 0 Å². The summed E-state index contributed by atoms with van der Waals surface area (Å²) in [5, 5.41) is 6.17. The number of rotatable bonds is 7. The van der Waals surface area contributed by atoms with Crippen LogP contribution in [0.4, 0.5) is 5.13 Å². The molecule has 2 rings (SSSR count). The smallest absolute Gasteiger partial charge is 0.306 e. The Morgan fingerprint density at radius 3 is 3.29 bits per heavy atom. The zero-order valence-electron chi connectivity index (χ0n) is 12.6. The van der Waals surface area contributed by atoms with Gasteiger partial charge in [-0.2, -0.15) is 0 Å². The zero-order chi connectivity index (χ0) is 15.1. The number of aromatic nitrogens is 1. The molecule has 0 bridgehead atoms. The van der Waals surface area contributed by atoms with Crippen LogP contribution in [0.15, 0.2) is 5.38 Å². The SMILES string of the molecule is CCOC(=O)CCc1csc(NCC2CN(C)CCO2)n1. The summed E-state index contributed by atoms with van der Waals surface area (Å²) in [7, 11) is 2.10. The van der Waals surface area contributed by atoms with Gasteiger partial charge in [0.2, 0.25) is 0 Å². The minimum atomic E-state index is -0.168. The van der Waals surface area contributed by atoms with E-state index in [0.717, 1.165) is 37.1 Å². The molecule has 0 radical (unpaired) electrons. The quantitative estimate of drug-likeness (QED) is 0.767. The molecule has 0 aliphatic carbocycles. The Bertz CT molecular complexity index is 452. The lowest BCUT2D eigenvalue weighted by Gasteiger charge is -2.29. The summed E-state index contributed by atoms with van der Waals surface area (Å²) in [6.07, 6.45) is 1.21. The molecule has 0 saturated carbocycles. The number of morpholine rings is 1. The minimum absolute atomic E-state index is 0.168. The van der Waals surface area contributed by atoms with Gasteiger partial charge in [-0.25, -0.2) is 4.98 Å². The lowest BCUT2D eigenvalue weighted by molar-refractivity contribution is -0.143. The molecule has 1 aliphatic heterocycles. The van der Waals surface area contributed by atoms with Crippen LogP contribution in [-0.2, 0) is 20.7 Å². The third-order valence-electron chi connectivity index (χ3n) is 3.27. The molecule has 2 heterocycles. The van der Waals surface area contributed by atoms with E-state index in [9.17, 15) is 4.79 Å². The van der Waals surface area contributed by atoms with E-state index < -0.39 is 0 Å². The summed E-state index contributed by atoms with van der Waals surface area (Å²) in [6, 6.07) is 0. The van der Waals surface area contributed by atoms with Gasteiger partial charge >= 0.3 is 5.97 Å². The van der Waals surface area contributed by atoms with Gasteiger partial charge in [0, 0.05) is 31.4 Å². The van der Waals surface area contributed by atoms with Gasteiger partial charge in [0.05, 0.1) is 31.4 Å². The predicted octanol–water partition coefficient (Wildman–Crippen LogP) is 1.38. The van der Waals surface area contributed by atoms with Crippen LogP contribution in [-0.4, -0.2) is 61.9 Å². The molecule has 0 spiro atoms. The Hall–Kier alpha value is -1.18. The van der Waals surface area contributed by atoms with Crippen molar-refractivity contribution < 1.29 is 14.3 Å². The van der Waals surface area contributed by atoms with Gasteiger partial charge in [-0.1, -0.05) is 0 Å². The second-order valence-corrected chi connectivity index (χ2v) is 5.94. The molecule has 1 aliphatic rings. The van der Waals surface area contributed by atoms with E-state index in [1.165, 1.54) is 0 Å². The van der Waals surface area contributed by atoms with Gasteiger partial charge in [0.25, 0.3) is 0 Å². The third-order valence-corrected chi connectivity index (χ3v) is 4.11. The first-order chi connectivity index (χ1) is 10.2. The molecule has 1 atom stereocenters. The van der Waals surface area contributed by atoms with Gasteiger partial charge in [0.15, 0.2) is 5.13 Å². The van der Waals surface area contributed by atoms with Gasteiger partial charge in [-0.05, 0) is 14.0 Å². The number of nitrogens with zero attached hydrogens (tertiary/aromatic N) is 2. The predicted molar refractivity (Wildman–Crippen MR) is 82.8 cm³/mol. The van der Waals surface area contributed by atoms with E-state index in [2.05, 4.69) is 22.2 Å². The van der Waals surface area contributed by atoms with Crippen LogP contribution in [0.2, 0.25) is 0 Å². The number of anilines is 1. The summed E-state index contributed by atoms with van der Waals surface area (Å²) < 4.78 is 10.6. The Morgan fingerprint density at radius 2 is 2.52 bits per heavy atom. The zero-order valence-corrected chi connectivity index (χ0v) is 13.4. The first kappa shape index (κ1) is 16.2. The van der Waals surface area contributed by atoms with Crippen molar-refractivity contribution in [1.29, 1.82) is 0 Å². The van der Waals surface area contributed by atoms with Crippen molar-refractivity contribution in [2.45, 2.75) is 25.9 Å². The number of carbonyl (C=O) groups excluding carboxylic acids is 1. The Balaban J connectivity index is 1.71. The van der Waals surface area contributed by atoms with Crippen molar-refractivity contribution in [2.75, 3.05) is 45.2 Å². The summed E-state index contributed by atoms with van der Waals surface area (Å²) in [6.45, 7) is 5.71. The van der Waals surface area contributed by atoms with E-state index in [0.29, 0.717) is 19.4 Å². The Kier molecular flexibility index (Phi) is 6.41. The van der Waals surface area contributed by atoms with E-state index in [1.807, 2.05) is 12.3 Å². The van der Waals surface area contributed by atoms with Crippen molar-refractivity contribution in [3.05, 3.63) is 11.1 Å². The summed E-state index contributed by atoms with van der Waals surface area (Å²) >= 11 is 1.56. The second-order valence-electron chi connectivity index (χ2n) is 5.08. The number of carbonyl (C=O) groups is 1. The Labute approximate surface area is 129 Å². The van der Waals surface area contributed by atoms with Crippen molar-refractivity contribution >= 4 is 22.4 Å². The molecule has 1 aromatic heterocycles. The van der Waals surface area contributed by atoms with Crippen LogP contribution >= 0.6 is 11.3 Å². The van der Waals surface area contributed by atoms with E-state index in [1.54, 1.807) is 11.3 Å². The van der Waals surface area contributed by atoms with Crippen molar-refractivity contribution in [2.24, 2.45) is 0 Å². The number of aryl methyl sites for hydroxylation is 1. The van der Waals surface area contributed by atoms with Gasteiger partial charge < -0.3 is 19.7 Å². The first-order valence-corrected chi connectivity index (χ1v) is 8.19. The average molecular weight is 313 g/mol. The highest BCUT2D eigenvalue weighted by atomic mass is 32.1. The number of nitrogens with one attached hydrogen (secondary N) is 1. The molecule has 0 aromatic carbocycles. The maximum absolute atomic E-state index is 11.3. The average Bonchev–Trinajstić information content (AvgIpc) is 2.91. The molecule has 7 heteroatoms.